The predicted molar refractivity (Wildman–Crippen MR) is 250 cm³/mol. The van der Waals surface area contributed by atoms with Gasteiger partial charge in [0.1, 0.15) is 5.65 Å². The van der Waals surface area contributed by atoms with E-state index < -0.39 is 0 Å². The maximum absolute atomic E-state index is 5.30. The zero-order valence-electron chi connectivity index (χ0n) is 32.0. The Balaban J connectivity index is 1.07. The molecule has 0 amide bonds. The third-order valence-electron chi connectivity index (χ3n) is 11.7. The molecule has 8 aromatic carbocycles. The molecule has 0 atom stereocenters. The third kappa shape index (κ3) is 5.10. The van der Waals surface area contributed by atoms with Crippen LogP contribution in [0, 0.1) is 0 Å². The molecule has 60 heavy (non-hydrogen) atoms. The zero-order valence-corrected chi connectivity index (χ0v) is 33.6. The van der Waals surface area contributed by atoms with Crippen LogP contribution in [0.3, 0.4) is 0 Å². The minimum Gasteiger partial charge on any atom is -0.295 e. The molecule has 1 aliphatic heterocycles. The Kier molecular flexibility index (Phi) is 7.34. The number of fused-ring (bicyclic) bond motifs is 10. The van der Waals surface area contributed by atoms with Gasteiger partial charge in [0.2, 0.25) is 0 Å². The van der Waals surface area contributed by atoms with Crippen molar-refractivity contribution in [1.82, 2.24) is 24.1 Å². The van der Waals surface area contributed by atoms with Gasteiger partial charge in [-0.1, -0.05) is 133 Å². The van der Waals surface area contributed by atoms with Crippen LogP contribution in [0.15, 0.2) is 198 Å². The van der Waals surface area contributed by atoms with Gasteiger partial charge in [0.05, 0.1) is 16.7 Å². The van der Waals surface area contributed by atoms with Gasteiger partial charge in [0.15, 0.2) is 17.5 Å². The summed E-state index contributed by atoms with van der Waals surface area (Å²) >= 11 is 3.65. The molecule has 0 aliphatic carbocycles. The molecule has 0 saturated carbocycles. The lowest BCUT2D eigenvalue weighted by atomic mass is 10.0. The smallest absolute Gasteiger partial charge is 0.164 e. The Morgan fingerprint density at radius 1 is 0.383 bits per heavy atom. The standard InChI is InChI=1S/C53H31N5S2/c1-3-13-32(14-4-1)33-15-11-16-34(29-33)50-54-51(56-52(55-50)36-25-27-39-38-19-7-9-22-44(38)59-47(39)31-36)35-26-28-42-41(30-35)48-40-20-12-24-46-49(40)58(43-21-8-10-23-45(43)60-46)53(48)57(42)37-17-5-2-6-18-37/h1-31H. The Bertz CT molecular complexity index is 3690. The topological polar surface area (TPSA) is 48.5 Å². The van der Waals surface area contributed by atoms with Crippen molar-refractivity contribution in [3.8, 4) is 56.7 Å². The Labute approximate surface area is 352 Å². The fourth-order valence-corrected chi connectivity index (χ4v) is 11.3. The molecule has 0 radical (unpaired) electrons. The van der Waals surface area contributed by atoms with Crippen molar-refractivity contribution in [2.24, 2.45) is 0 Å². The number of aromatic nitrogens is 5. The molecule has 5 heterocycles. The largest absolute Gasteiger partial charge is 0.295 e. The SMILES string of the molecule is c1ccc(-c2cccc(-c3nc(-c4ccc5c(c4)sc4ccccc45)nc(-c4ccc5c(c4)c4c6cccc7c6n(c4n5-c4ccccc4)-c4ccccc4S7)n3)c2)cc1. The molecule has 0 spiro atoms. The monoisotopic (exact) mass is 801 g/mol. The Morgan fingerprint density at radius 2 is 1.00 bits per heavy atom. The van der Waals surface area contributed by atoms with Crippen LogP contribution in [0.1, 0.15) is 0 Å². The van der Waals surface area contributed by atoms with E-state index in [4.69, 9.17) is 15.0 Å². The molecule has 5 nitrogen and oxygen atoms in total. The van der Waals surface area contributed by atoms with E-state index in [1.807, 2.05) is 17.8 Å². The van der Waals surface area contributed by atoms with Crippen molar-refractivity contribution in [2.75, 3.05) is 0 Å². The molecule has 1 aliphatic rings. The minimum atomic E-state index is 0.633. The first-order valence-electron chi connectivity index (χ1n) is 20.0. The van der Waals surface area contributed by atoms with Gasteiger partial charge in [0, 0.05) is 68.5 Å². The molecule has 0 bridgehead atoms. The molecule has 12 aromatic rings. The summed E-state index contributed by atoms with van der Waals surface area (Å²) in [5.41, 5.74) is 10.9. The molecular weight excluding hydrogens is 771 g/mol. The maximum Gasteiger partial charge on any atom is 0.164 e. The quantitative estimate of drug-likeness (QED) is 0.174. The summed E-state index contributed by atoms with van der Waals surface area (Å²) in [6.07, 6.45) is 0. The maximum atomic E-state index is 5.30. The molecule has 0 fully saturated rings. The van der Waals surface area contributed by atoms with Crippen LogP contribution < -0.4 is 0 Å². The number of para-hydroxylation sites is 3. The zero-order chi connectivity index (χ0) is 39.3. The van der Waals surface area contributed by atoms with Crippen molar-refractivity contribution in [1.29, 1.82) is 0 Å². The highest BCUT2D eigenvalue weighted by Crippen LogP contribution is 2.50. The minimum absolute atomic E-state index is 0.633. The van der Waals surface area contributed by atoms with Crippen LogP contribution in [0.4, 0.5) is 0 Å². The number of thiophene rings is 1. The van der Waals surface area contributed by atoms with Crippen molar-refractivity contribution >= 4 is 76.1 Å². The van der Waals surface area contributed by atoms with E-state index in [1.165, 1.54) is 51.9 Å². The molecule has 0 N–H and O–H groups in total. The molecule has 0 saturated heterocycles. The van der Waals surface area contributed by atoms with E-state index in [2.05, 4.69) is 191 Å². The van der Waals surface area contributed by atoms with Crippen LogP contribution in [-0.4, -0.2) is 24.1 Å². The number of nitrogens with zero attached hydrogens (tertiary/aromatic N) is 5. The van der Waals surface area contributed by atoms with Crippen molar-refractivity contribution < 1.29 is 0 Å². The lowest BCUT2D eigenvalue weighted by molar-refractivity contribution is 1.03. The fraction of sp³-hybridized carbons (Fsp3) is 0. The fourth-order valence-electron chi connectivity index (χ4n) is 9.05. The predicted octanol–water partition coefficient (Wildman–Crippen LogP) is 14.4. The van der Waals surface area contributed by atoms with Crippen LogP contribution in [0.2, 0.25) is 0 Å². The Hall–Kier alpha value is -7.32. The average Bonchev–Trinajstić information content (AvgIpc) is 3.97. The highest BCUT2D eigenvalue weighted by atomic mass is 32.2. The summed E-state index contributed by atoms with van der Waals surface area (Å²) in [5, 5.41) is 6.11. The van der Waals surface area contributed by atoms with Gasteiger partial charge >= 0.3 is 0 Å². The van der Waals surface area contributed by atoms with E-state index >= 15 is 0 Å². The number of benzene rings is 8. The van der Waals surface area contributed by atoms with Gasteiger partial charge in [-0.2, -0.15) is 0 Å². The Morgan fingerprint density at radius 3 is 1.85 bits per heavy atom. The summed E-state index contributed by atoms with van der Waals surface area (Å²) in [7, 11) is 0. The lowest BCUT2D eigenvalue weighted by Crippen LogP contribution is -2.05. The molecule has 4 aromatic heterocycles. The van der Waals surface area contributed by atoms with E-state index in [0.29, 0.717) is 17.5 Å². The van der Waals surface area contributed by atoms with Crippen LogP contribution in [0.5, 0.6) is 0 Å². The normalized spacial score (nSPS) is 12.3. The summed E-state index contributed by atoms with van der Waals surface area (Å²) < 4.78 is 7.38. The van der Waals surface area contributed by atoms with E-state index in [-0.39, 0.29) is 0 Å². The number of hydrogen-bond acceptors (Lipinski definition) is 5. The summed E-state index contributed by atoms with van der Waals surface area (Å²) in [6.45, 7) is 0. The summed E-state index contributed by atoms with van der Waals surface area (Å²) in [4.78, 5) is 18.3. The van der Waals surface area contributed by atoms with Crippen molar-refractivity contribution in [3.63, 3.8) is 0 Å². The van der Waals surface area contributed by atoms with E-state index in [1.54, 1.807) is 11.3 Å². The molecule has 0 unspecified atom stereocenters. The first-order valence-corrected chi connectivity index (χ1v) is 21.7. The van der Waals surface area contributed by atoms with Gasteiger partial charge in [-0.25, -0.2) is 15.0 Å². The van der Waals surface area contributed by atoms with Gasteiger partial charge in [0.25, 0.3) is 0 Å². The van der Waals surface area contributed by atoms with Gasteiger partial charge in [-0.3, -0.25) is 9.13 Å². The summed E-state index contributed by atoms with van der Waals surface area (Å²) in [5.74, 6) is 1.91. The number of hydrogen-bond donors (Lipinski definition) is 0. The van der Waals surface area contributed by atoms with Crippen molar-refractivity contribution in [3.05, 3.63) is 188 Å². The second-order valence-electron chi connectivity index (χ2n) is 15.2. The molecule has 13 rings (SSSR count). The van der Waals surface area contributed by atoms with Crippen LogP contribution in [-0.2, 0) is 0 Å². The molecular formula is C53H31N5S2. The van der Waals surface area contributed by atoms with E-state index in [0.717, 1.165) is 50.1 Å². The van der Waals surface area contributed by atoms with Gasteiger partial charge in [-0.05, 0) is 77.9 Å². The number of rotatable bonds is 5. The van der Waals surface area contributed by atoms with E-state index in [9.17, 15) is 0 Å². The second kappa shape index (κ2) is 13.1. The van der Waals surface area contributed by atoms with Crippen LogP contribution >= 0.6 is 23.1 Å². The van der Waals surface area contributed by atoms with Gasteiger partial charge in [-0.15, -0.1) is 11.3 Å². The average molecular weight is 802 g/mol. The molecule has 7 heteroatoms. The van der Waals surface area contributed by atoms with Gasteiger partial charge < -0.3 is 0 Å². The third-order valence-corrected chi connectivity index (χ3v) is 14.0. The summed E-state index contributed by atoms with van der Waals surface area (Å²) in [6, 6.07) is 67.1. The highest BCUT2D eigenvalue weighted by molar-refractivity contribution is 7.99. The second-order valence-corrected chi connectivity index (χ2v) is 17.4. The molecule has 280 valence electrons. The first kappa shape index (κ1) is 33.6. The highest BCUT2D eigenvalue weighted by Gasteiger charge is 2.28. The first-order chi connectivity index (χ1) is 29.7. The van der Waals surface area contributed by atoms with Crippen molar-refractivity contribution in [2.45, 2.75) is 9.79 Å². The van der Waals surface area contributed by atoms with Crippen LogP contribution in [0.25, 0.3) is 110 Å². The lowest BCUT2D eigenvalue weighted by Gasteiger charge is -2.21.